The first kappa shape index (κ1) is 20.1. The molecule has 4 heteroatoms. The van der Waals surface area contributed by atoms with Gasteiger partial charge in [-0.05, 0) is 35.3 Å². The van der Waals surface area contributed by atoms with Crippen molar-refractivity contribution >= 4 is 12.0 Å². The molecule has 4 nitrogen and oxygen atoms in total. The monoisotopic (exact) mass is 370 g/mol. The Kier molecular flexibility index (Phi) is 6.72. The third kappa shape index (κ3) is 5.91. The lowest BCUT2D eigenvalue weighted by Crippen LogP contribution is -2.46. The Morgan fingerprint density at radius 3 is 2.52 bits per heavy atom. The van der Waals surface area contributed by atoms with Gasteiger partial charge in [-0.1, -0.05) is 57.2 Å². The zero-order valence-electron chi connectivity index (χ0n) is 17.1. The highest BCUT2D eigenvalue weighted by atomic mass is 16.5. The Hall–Kier alpha value is -1.65. The lowest BCUT2D eigenvalue weighted by molar-refractivity contribution is -0.134. The highest BCUT2D eigenvalue weighted by molar-refractivity contribution is 5.78. The van der Waals surface area contributed by atoms with Crippen LogP contribution in [-0.4, -0.2) is 61.6 Å². The Balaban J connectivity index is 1.48. The number of piperidine rings is 1. The van der Waals surface area contributed by atoms with Crippen LogP contribution in [0.25, 0.3) is 6.08 Å². The molecular weight excluding hydrogens is 336 g/mol. The summed E-state index contributed by atoms with van der Waals surface area (Å²) in [6.45, 7) is 12.3. The largest absolute Gasteiger partial charge is 0.379 e. The summed E-state index contributed by atoms with van der Waals surface area (Å²) in [4.78, 5) is 16.8. The number of amides is 1. The fourth-order valence-corrected chi connectivity index (χ4v) is 3.75. The molecule has 0 spiro atoms. The highest BCUT2D eigenvalue weighted by Crippen LogP contribution is 2.24. The van der Waals surface area contributed by atoms with Gasteiger partial charge in [-0.3, -0.25) is 9.69 Å². The van der Waals surface area contributed by atoms with E-state index in [1.54, 1.807) is 0 Å². The second-order valence-corrected chi connectivity index (χ2v) is 8.84. The summed E-state index contributed by atoms with van der Waals surface area (Å²) in [7, 11) is 0. The number of allylic oxidation sites excluding steroid dienone is 1. The standard InChI is InChI=1S/C23H34N2O2/c1-23(2,3)21-6-4-5-20(17-21)8-7-19-9-11-25(12-10-19)22(26)18-24-13-15-27-16-14-24/h4-8,17,19H,9-16,18H2,1-3H3/b8-7+. The number of carbonyl (C=O) groups is 1. The minimum Gasteiger partial charge on any atom is -0.379 e. The minimum atomic E-state index is 0.177. The fraction of sp³-hybridized carbons (Fsp3) is 0.609. The number of hydrogen-bond acceptors (Lipinski definition) is 3. The second kappa shape index (κ2) is 9.03. The lowest BCUT2D eigenvalue weighted by Gasteiger charge is -2.33. The maximum Gasteiger partial charge on any atom is 0.236 e. The lowest BCUT2D eigenvalue weighted by atomic mass is 9.86. The van der Waals surface area contributed by atoms with Crippen LogP contribution in [0.2, 0.25) is 0 Å². The van der Waals surface area contributed by atoms with Crippen molar-refractivity contribution in [1.82, 2.24) is 9.80 Å². The molecule has 0 aromatic heterocycles. The van der Waals surface area contributed by atoms with E-state index in [2.05, 4.69) is 62.1 Å². The number of nitrogens with zero attached hydrogens (tertiary/aromatic N) is 2. The van der Waals surface area contributed by atoms with Crippen molar-refractivity contribution in [3.05, 3.63) is 41.5 Å². The topological polar surface area (TPSA) is 32.8 Å². The van der Waals surface area contributed by atoms with Gasteiger partial charge in [0.1, 0.15) is 0 Å². The molecule has 27 heavy (non-hydrogen) atoms. The predicted molar refractivity (Wildman–Crippen MR) is 111 cm³/mol. The maximum absolute atomic E-state index is 12.5. The van der Waals surface area contributed by atoms with Gasteiger partial charge in [0, 0.05) is 26.2 Å². The number of ether oxygens (including phenoxy) is 1. The molecule has 0 aliphatic carbocycles. The van der Waals surface area contributed by atoms with E-state index in [1.807, 2.05) is 4.90 Å². The van der Waals surface area contributed by atoms with E-state index in [1.165, 1.54) is 11.1 Å². The Morgan fingerprint density at radius 2 is 1.85 bits per heavy atom. The summed E-state index contributed by atoms with van der Waals surface area (Å²) in [5, 5.41) is 0. The Morgan fingerprint density at radius 1 is 1.15 bits per heavy atom. The quantitative estimate of drug-likeness (QED) is 0.812. The highest BCUT2D eigenvalue weighted by Gasteiger charge is 2.23. The van der Waals surface area contributed by atoms with Crippen molar-refractivity contribution in [1.29, 1.82) is 0 Å². The van der Waals surface area contributed by atoms with Gasteiger partial charge < -0.3 is 9.64 Å². The molecule has 148 valence electrons. The van der Waals surface area contributed by atoms with Crippen LogP contribution in [0, 0.1) is 5.92 Å². The molecule has 2 fully saturated rings. The maximum atomic E-state index is 12.5. The van der Waals surface area contributed by atoms with Crippen molar-refractivity contribution in [2.45, 2.75) is 39.0 Å². The zero-order valence-corrected chi connectivity index (χ0v) is 17.1. The third-order valence-electron chi connectivity index (χ3n) is 5.67. The van der Waals surface area contributed by atoms with E-state index >= 15 is 0 Å². The number of carbonyl (C=O) groups excluding carboxylic acids is 1. The molecule has 0 bridgehead atoms. The summed E-state index contributed by atoms with van der Waals surface area (Å²) < 4.78 is 5.36. The van der Waals surface area contributed by atoms with Crippen LogP contribution in [0.4, 0.5) is 0 Å². The Labute approximate surface area is 164 Å². The molecule has 1 aromatic rings. The first-order valence-corrected chi connectivity index (χ1v) is 10.3. The molecule has 2 saturated heterocycles. The van der Waals surface area contributed by atoms with Crippen molar-refractivity contribution in [3.8, 4) is 0 Å². The number of benzene rings is 1. The smallest absolute Gasteiger partial charge is 0.236 e. The molecule has 1 aromatic carbocycles. The van der Waals surface area contributed by atoms with Crippen LogP contribution < -0.4 is 0 Å². The normalized spacial score (nSPS) is 20.3. The first-order chi connectivity index (χ1) is 12.9. The van der Waals surface area contributed by atoms with Crippen LogP contribution in [0.5, 0.6) is 0 Å². The first-order valence-electron chi connectivity index (χ1n) is 10.3. The molecular formula is C23H34N2O2. The number of rotatable bonds is 4. The summed E-state index contributed by atoms with van der Waals surface area (Å²) in [6, 6.07) is 8.81. The molecule has 2 aliphatic heterocycles. The minimum absolute atomic E-state index is 0.177. The van der Waals surface area contributed by atoms with Crippen molar-refractivity contribution < 1.29 is 9.53 Å². The zero-order chi connectivity index (χ0) is 19.3. The third-order valence-corrected chi connectivity index (χ3v) is 5.67. The predicted octanol–water partition coefficient (Wildman–Crippen LogP) is 3.57. The average Bonchev–Trinajstić information content (AvgIpc) is 2.67. The van der Waals surface area contributed by atoms with Crippen LogP contribution in [0.15, 0.2) is 30.3 Å². The van der Waals surface area contributed by atoms with E-state index in [0.717, 1.165) is 52.2 Å². The van der Waals surface area contributed by atoms with Crippen molar-refractivity contribution in [2.24, 2.45) is 5.92 Å². The van der Waals surface area contributed by atoms with Gasteiger partial charge in [-0.25, -0.2) is 0 Å². The van der Waals surface area contributed by atoms with Crippen LogP contribution in [-0.2, 0) is 14.9 Å². The molecule has 0 unspecified atom stereocenters. The van der Waals surface area contributed by atoms with E-state index in [-0.39, 0.29) is 11.3 Å². The molecule has 2 heterocycles. The fourth-order valence-electron chi connectivity index (χ4n) is 3.75. The van der Waals surface area contributed by atoms with Crippen molar-refractivity contribution in [3.63, 3.8) is 0 Å². The Bertz CT molecular complexity index is 649. The van der Waals surface area contributed by atoms with Gasteiger partial charge >= 0.3 is 0 Å². The van der Waals surface area contributed by atoms with Crippen LogP contribution in [0.1, 0.15) is 44.7 Å². The summed E-state index contributed by atoms with van der Waals surface area (Å²) in [6.07, 6.45) is 6.71. The van der Waals surface area contributed by atoms with Gasteiger partial charge in [-0.2, -0.15) is 0 Å². The summed E-state index contributed by atoms with van der Waals surface area (Å²) in [5.74, 6) is 0.841. The molecule has 1 amide bonds. The van der Waals surface area contributed by atoms with E-state index in [9.17, 15) is 4.79 Å². The molecule has 2 aliphatic rings. The number of likely N-dealkylation sites (tertiary alicyclic amines) is 1. The number of morpholine rings is 1. The molecule has 0 atom stereocenters. The summed E-state index contributed by atoms with van der Waals surface area (Å²) >= 11 is 0. The van der Waals surface area contributed by atoms with Gasteiger partial charge in [0.25, 0.3) is 0 Å². The number of hydrogen-bond donors (Lipinski definition) is 0. The van der Waals surface area contributed by atoms with Crippen LogP contribution in [0.3, 0.4) is 0 Å². The molecule has 0 radical (unpaired) electrons. The second-order valence-electron chi connectivity index (χ2n) is 8.84. The van der Waals surface area contributed by atoms with Gasteiger partial charge in [0.15, 0.2) is 0 Å². The van der Waals surface area contributed by atoms with E-state index in [4.69, 9.17) is 4.74 Å². The van der Waals surface area contributed by atoms with Gasteiger partial charge in [0.2, 0.25) is 5.91 Å². The van der Waals surface area contributed by atoms with Crippen molar-refractivity contribution in [2.75, 3.05) is 45.9 Å². The summed E-state index contributed by atoms with van der Waals surface area (Å²) in [5.41, 5.74) is 2.82. The molecule has 0 saturated carbocycles. The van der Waals surface area contributed by atoms with E-state index < -0.39 is 0 Å². The van der Waals surface area contributed by atoms with Gasteiger partial charge in [-0.15, -0.1) is 0 Å². The SMILES string of the molecule is CC(C)(C)c1cccc(/C=C/C2CCN(C(=O)CN3CCOCC3)CC2)c1. The average molecular weight is 371 g/mol. The molecule has 3 rings (SSSR count). The molecule has 0 N–H and O–H groups in total. The van der Waals surface area contributed by atoms with Crippen LogP contribution >= 0.6 is 0 Å². The van der Waals surface area contributed by atoms with E-state index in [0.29, 0.717) is 12.5 Å². The van der Waals surface area contributed by atoms with Gasteiger partial charge in [0.05, 0.1) is 19.8 Å².